The van der Waals surface area contributed by atoms with Crippen LogP contribution in [0, 0.1) is 5.92 Å². The first-order valence-corrected chi connectivity index (χ1v) is 10.9. The van der Waals surface area contributed by atoms with Gasteiger partial charge in [-0.15, -0.1) is 11.3 Å². The minimum Gasteiger partial charge on any atom is -0.439 e. The maximum absolute atomic E-state index is 12.7. The molecule has 4 aliphatic rings. The van der Waals surface area contributed by atoms with Crippen molar-refractivity contribution in [1.29, 1.82) is 0 Å². The van der Waals surface area contributed by atoms with E-state index in [0.717, 1.165) is 47.9 Å². The lowest BCUT2D eigenvalue weighted by Crippen LogP contribution is -2.61. The van der Waals surface area contributed by atoms with Crippen molar-refractivity contribution >= 4 is 28.3 Å². The van der Waals surface area contributed by atoms with Crippen LogP contribution < -0.4 is 4.90 Å². The van der Waals surface area contributed by atoms with E-state index in [4.69, 9.17) is 4.74 Å². The van der Waals surface area contributed by atoms with Gasteiger partial charge in [0.1, 0.15) is 10.6 Å². The number of ether oxygens (including phenoxy) is 1. The van der Waals surface area contributed by atoms with E-state index in [1.807, 2.05) is 36.4 Å². The Labute approximate surface area is 174 Å². The standard InChI is InChI=1S/C22H25N3O3S/c1-23(2)20(26)16-5-3-4-15(12-16)18-6-7-19(29-18)25-14-22(28-21(25)27)13-24-10-8-17(22)9-11-24/h3-7,12,17H,8-11,13-14H2,1-2H3/t22-/m1/s1. The Balaban J connectivity index is 1.39. The molecule has 7 heteroatoms. The van der Waals surface area contributed by atoms with Gasteiger partial charge < -0.3 is 9.64 Å². The highest BCUT2D eigenvalue weighted by Crippen LogP contribution is 2.45. The van der Waals surface area contributed by atoms with Crippen molar-refractivity contribution in [2.24, 2.45) is 5.92 Å². The fourth-order valence-electron chi connectivity index (χ4n) is 4.87. The Kier molecular flexibility index (Phi) is 4.40. The number of carbonyl (C=O) groups excluding carboxylic acids is 2. The van der Waals surface area contributed by atoms with Crippen molar-refractivity contribution in [3.05, 3.63) is 42.0 Å². The van der Waals surface area contributed by atoms with Crippen molar-refractivity contribution in [2.45, 2.75) is 18.4 Å². The Bertz CT molecular complexity index is 964. The molecule has 0 unspecified atom stereocenters. The van der Waals surface area contributed by atoms with Gasteiger partial charge in [0, 0.05) is 37.0 Å². The van der Waals surface area contributed by atoms with E-state index < -0.39 is 0 Å². The average Bonchev–Trinajstić information content (AvgIpc) is 3.33. The number of anilines is 1. The Morgan fingerprint density at radius 1 is 1.17 bits per heavy atom. The van der Waals surface area contributed by atoms with Crippen molar-refractivity contribution in [1.82, 2.24) is 9.80 Å². The number of carbonyl (C=O) groups is 2. The molecule has 2 bridgehead atoms. The third-order valence-corrected chi connectivity index (χ3v) is 7.57. The molecule has 0 radical (unpaired) electrons. The first-order chi connectivity index (χ1) is 13.9. The maximum atomic E-state index is 12.7. The second kappa shape index (κ2) is 6.85. The molecule has 1 aromatic carbocycles. The van der Waals surface area contributed by atoms with Gasteiger partial charge in [-0.2, -0.15) is 0 Å². The summed E-state index contributed by atoms with van der Waals surface area (Å²) in [5.41, 5.74) is 1.30. The molecule has 29 heavy (non-hydrogen) atoms. The van der Waals surface area contributed by atoms with Gasteiger partial charge in [0.2, 0.25) is 0 Å². The van der Waals surface area contributed by atoms with Crippen LogP contribution in [0.3, 0.4) is 0 Å². The van der Waals surface area contributed by atoms with E-state index in [0.29, 0.717) is 18.0 Å². The number of benzene rings is 1. The summed E-state index contributed by atoms with van der Waals surface area (Å²) in [6.45, 7) is 3.73. The zero-order valence-corrected chi connectivity index (χ0v) is 17.6. The third-order valence-electron chi connectivity index (χ3n) is 6.42. The zero-order valence-electron chi connectivity index (χ0n) is 16.8. The monoisotopic (exact) mass is 411 g/mol. The summed E-state index contributed by atoms with van der Waals surface area (Å²) in [6, 6.07) is 11.7. The Hall–Kier alpha value is -2.38. The topological polar surface area (TPSA) is 53.1 Å². The van der Waals surface area contributed by atoms with Crippen LogP contribution in [0.5, 0.6) is 0 Å². The zero-order chi connectivity index (χ0) is 20.2. The largest absolute Gasteiger partial charge is 0.439 e. The van der Waals surface area contributed by atoms with Crippen LogP contribution in [-0.4, -0.2) is 67.7 Å². The number of hydrogen-bond donors (Lipinski definition) is 0. The average molecular weight is 412 g/mol. The number of fused-ring (bicyclic) bond motifs is 2. The normalized spacial score (nSPS) is 28.1. The second-order valence-electron chi connectivity index (χ2n) is 8.49. The minimum absolute atomic E-state index is 0.0176. The van der Waals surface area contributed by atoms with E-state index in [-0.39, 0.29) is 17.6 Å². The number of nitrogens with zero attached hydrogens (tertiary/aromatic N) is 3. The fraction of sp³-hybridized carbons (Fsp3) is 0.455. The van der Waals surface area contributed by atoms with Crippen molar-refractivity contribution in [3.8, 4) is 10.4 Å². The summed E-state index contributed by atoms with van der Waals surface area (Å²) >= 11 is 1.57. The second-order valence-corrected chi connectivity index (χ2v) is 9.55. The fourth-order valence-corrected chi connectivity index (χ4v) is 5.86. The highest BCUT2D eigenvalue weighted by molar-refractivity contribution is 7.19. The molecule has 4 fully saturated rings. The molecule has 0 saturated carbocycles. The molecular formula is C22H25N3O3S. The van der Waals surface area contributed by atoms with Crippen molar-refractivity contribution in [3.63, 3.8) is 0 Å². The van der Waals surface area contributed by atoms with Gasteiger partial charge in [-0.1, -0.05) is 12.1 Å². The van der Waals surface area contributed by atoms with Crippen LogP contribution in [0.15, 0.2) is 36.4 Å². The van der Waals surface area contributed by atoms with E-state index in [1.54, 1.807) is 35.2 Å². The van der Waals surface area contributed by atoms with Crippen LogP contribution in [0.25, 0.3) is 10.4 Å². The maximum Gasteiger partial charge on any atom is 0.415 e. The van der Waals surface area contributed by atoms with Gasteiger partial charge in [0.25, 0.3) is 5.91 Å². The van der Waals surface area contributed by atoms with E-state index in [1.165, 1.54) is 0 Å². The molecule has 0 N–H and O–H groups in total. The van der Waals surface area contributed by atoms with Gasteiger partial charge in [-0.25, -0.2) is 4.79 Å². The molecule has 152 valence electrons. The molecule has 5 heterocycles. The Morgan fingerprint density at radius 2 is 1.97 bits per heavy atom. The molecule has 0 aliphatic carbocycles. The predicted octanol–water partition coefficient (Wildman–Crippen LogP) is 3.54. The van der Waals surface area contributed by atoms with Crippen LogP contribution >= 0.6 is 11.3 Å². The molecule has 1 spiro atoms. The molecular weight excluding hydrogens is 386 g/mol. The summed E-state index contributed by atoms with van der Waals surface area (Å²) in [6.07, 6.45) is 2.00. The first kappa shape index (κ1) is 18.6. The van der Waals surface area contributed by atoms with Gasteiger partial charge >= 0.3 is 6.09 Å². The molecule has 2 aromatic rings. The van der Waals surface area contributed by atoms with Crippen molar-refractivity contribution in [2.75, 3.05) is 45.2 Å². The SMILES string of the molecule is CN(C)C(=O)c1cccc(-c2ccc(N3C[C@@]4(CN5CCC4CC5)OC3=O)s2)c1. The summed E-state index contributed by atoms with van der Waals surface area (Å²) < 4.78 is 5.98. The quantitative estimate of drug-likeness (QED) is 0.775. The molecule has 4 saturated heterocycles. The number of amides is 2. The lowest BCUT2D eigenvalue weighted by atomic mass is 9.75. The lowest BCUT2D eigenvalue weighted by molar-refractivity contribution is -0.0881. The van der Waals surface area contributed by atoms with Crippen LogP contribution in [0.1, 0.15) is 23.2 Å². The summed E-state index contributed by atoms with van der Waals surface area (Å²) in [5.74, 6) is 0.450. The van der Waals surface area contributed by atoms with Crippen LogP contribution in [-0.2, 0) is 4.74 Å². The molecule has 1 atom stereocenters. The van der Waals surface area contributed by atoms with Gasteiger partial charge in [0.05, 0.1) is 6.54 Å². The lowest BCUT2D eigenvalue weighted by Gasteiger charge is -2.49. The highest BCUT2D eigenvalue weighted by atomic mass is 32.1. The predicted molar refractivity (Wildman–Crippen MR) is 113 cm³/mol. The van der Waals surface area contributed by atoms with Gasteiger partial charge in [0.15, 0.2) is 0 Å². The summed E-state index contributed by atoms with van der Waals surface area (Å²) in [5, 5.41) is 0.905. The number of piperidine rings is 3. The molecule has 2 amide bonds. The van der Waals surface area contributed by atoms with Gasteiger partial charge in [-0.05, 0) is 55.8 Å². The van der Waals surface area contributed by atoms with Crippen molar-refractivity contribution < 1.29 is 14.3 Å². The highest BCUT2D eigenvalue weighted by Gasteiger charge is 2.55. The van der Waals surface area contributed by atoms with E-state index in [9.17, 15) is 9.59 Å². The van der Waals surface area contributed by atoms with E-state index in [2.05, 4.69) is 4.90 Å². The Morgan fingerprint density at radius 3 is 2.66 bits per heavy atom. The summed E-state index contributed by atoms with van der Waals surface area (Å²) in [7, 11) is 3.50. The minimum atomic E-state index is -0.351. The molecule has 6 nitrogen and oxygen atoms in total. The number of hydrogen-bond acceptors (Lipinski definition) is 5. The molecule has 6 rings (SSSR count). The van der Waals surface area contributed by atoms with Gasteiger partial charge in [-0.3, -0.25) is 14.6 Å². The number of rotatable bonds is 3. The third kappa shape index (κ3) is 3.13. The number of thiophene rings is 1. The summed E-state index contributed by atoms with van der Waals surface area (Å²) in [4.78, 5) is 31.8. The smallest absolute Gasteiger partial charge is 0.415 e. The molecule has 4 aliphatic heterocycles. The first-order valence-electron chi connectivity index (χ1n) is 10.1. The van der Waals surface area contributed by atoms with Crippen LogP contribution in [0.2, 0.25) is 0 Å². The van der Waals surface area contributed by atoms with E-state index >= 15 is 0 Å². The molecule has 1 aromatic heterocycles. The van der Waals surface area contributed by atoms with Crippen LogP contribution in [0.4, 0.5) is 9.80 Å².